The molecule has 3 aromatic rings. The van der Waals surface area contributed by atoms with Crippen molar-refractivity contribution in [3.8, 4) is 0 Å². The molecular formula is C22H24N6O. The molecule has 0 atom stereocenters. The summed E-state index contributed by atoms with van der Waals surface area (Å²) in [5.74, 6) is 1.39. The van der Waals surface area contributed by atoms with Crippen molar-refractivity contribution in [3.63, 3.8) is 0 Å². The van der Waals surface area contributed by atoms with E-state index in [1.807, 2.05) is 36.4 Å². The Bertz CT molecular complexity index is 953. The number of anilines is 5. The normalized spacial score (nSPS) is 13.8. The molecule has 0 radical (unpaired) electrons. The highest BCUT2D eigenvalue weighted by Gasteiger charge is 2.19. The lowest BCUT2D eigenvalue weighted by Gasteiger charge is -2.36. The maximum absolute atomic E-state index is 11.1. The molecular weight excluding hydrogens is 364 g/mol. The number of para-hydroxylation sites is 1. The van der Waals surface area contributed by atoms with Crippen molar-refractivity contribution in [2.24, 2.45) is 0 Å². The predicted octanol–water partition coefficient (Wildman–Crippen LogP) is 3.51. The summed E-state index contributed by atoms with van der Waals surface area (Å²) in [6.07, 6.45) is 1.78. The number of carbonyl (C=O) groups is 1. The van der Waals surface area contributed by atoms with Crippen molar-refractivity contribution in [3.05, 3.63) is 66.9 Å². The van der Waals surface area contributed by atoms with E-state index >= 15 is 0 Å². The third-order valence-electron chi connectivity index (χ3n) is 4.80. The Balaban J connectivity index is 1.38. The molecule has 0 aliphatic carbocycles. The molecule has 0 spiro atoms. The van der Waals surface area contributed by atoms with Gasteiger partial charge in [-0.25, -0.2) is 4.98 Å². The van der Waals surface area contributed by atoms with Crippen molar-refractivity contribution < 1.29 is 4.79 Å². The fraction of sp³-hybridized carbons (Fsp3) is 0.227. The molecule has 2 heterocycles. The first-order valence-corrected chi connectivity index (χ1v) is 9.70. The van der Waals surface area contributed by atoms with Gasteiger partial charge >= 0.3 is 0 Å². The Hall–Kier alpha value is -3.61. The topological polar surface area (TPSA) is 73.4 Å². The lowest BCUT2D eigenvalue weighted by Crippen LogP contribution is -2.47. The van der Waals surface area contributed by atoms with Gasteiger partial charge in [-0.1, -0.05) is 18.2 Å². The summed E-state index contributed by atoms with van der Waals surface area (Å²) in [5, 5.41) is 6.06. The van der Waals surface area contributed by atoms with Gasteiger partial charge in [0.25, 0.3) is 0 Å². The van der Waals surface area contributed by atoms with E-state index in [9.17, 15) is 4.79 Å². The molecule has 2 N–H and O–H groups in total. The molecule has 4 rings (SSSR count). The predicted molar refractivity (Wildman–Crippen MR) is 117 cm³/mol. The van der Waals surface area contributed by atoms with Crippen molar-refractivity contribution in [2.75, 3.05) is 46.6 Å². The van der Waals surface area contributed by atoms with Gasteiger partial charge in [-0.05, 0) is 42.5 Å². The zero-order valence-corrected chi connectivity index (χ0v) is 16.4. The van der Waals surface area contributed by atoms with Gasteiger partial charge in [-0.3, -0.25) is 4.79 Å². The minimum Gasteiger partial charge on any atom is -0.368 e. The van der Waals surface area contributed by atoms with Crippen LogP contribution in [-0.4, -0.2) is 42.1 Å². The van der Waals surface area contributed by atoms with Crippen molar-refractivity contribution in [1.29, 1.82) is 0 Å². The van der Waals surface area contributed by atoms with E-state index < -0.39 is 0 Å². The fourth-order valence-electron chi connectivity index (χ4n) is 3.36. The van der Waals surface area contributed by atoms with Crippen LogP contribution in [0.3, 0.4) is 0 Å². The van der Waals surface area contributed by atoms with E-state index in [2.05, 4.69) is 54.7 Å². The fourth-order valence-corrected chi connectivity index (χ4v) is 3.36. The van der Waals surface area contributed by atoms with Crippen molar-refractivity contribution in [1.82, 2.24) is 9.97 Å². The van der Waals surface area contributed by atoms with Crippen LogP contribution in [0.5, 0.6) is 0 Å². The van der Waals surface area contributed by atoms with Gasteiger partial charge in [-0.2, -0.15) is 4.98 Å². The number of nitrogens with zero attached hydrogens (tertiary/aromatic N) is 4. The second-order valence-electron chi connectivity index (χ2n) is 6.94. The van der Waals surface area contributed by atoms with Gasteiger partial charge in [0.05, 0.1) is 0 Å². The van der Waals surface area contributed by atoms with Gasteiger partial charge in [0.15, 0.2) is 0 Å². The monoisotopic (exact) mass is 388 g/mol. The van der Waals surface area contributed by atoms with Gasteiger partial charge < -0.3 is 20.4 Å². The minimum atomic E-state index is -0.0847. The molecule has 0 bridgehead atoms. The third kappa shape index (κ3) is 4.82. The largest absolute Gasteiger partial charge is 0.368 e. The molecule has 2 aromatic carbocycles. The first-order valence-electron chi connectivity index (χ1n) is 9.70. The summed E-state index contributed by atoms with van der Waals surface area (Å²) in [6, 6.07) is 19.9. The minimum absolute atomic E-state index is 0.0847. The third-order valence-corrected chi connectivity index (χ3v) is 4.80. The smallest absolute Gasteiger partial charge is 0.227 e. The van der Waals surface area contributed by atoms with Gasteiger partial charge in [0, 0.05) is 56.4 Å². The van der Waals surface area contributed by atoms with Crippen LogP contribution in [0.15, 0.2) is 66.9 Å². The first kappa shape index (κ1) is 18.7. The number of amides is 1. The molecule has 0 unspecified atom stereocenters. The zero-order chi connectivity index (χ0) is 20.1. The Morgan fingerprint density at radius 2 is 1.52 bits per heavy atom. The van der Waals surface area contributed by atoms with E-state index in [0.29, 0.717) is 0 Å². The molecule has 29 heavy (non-hydrogen) atoms. The van der Waals surface area contributed by atoms with Crippen LogP contribution < -0.4 is 20.4 Å². The van der Waals surface area contributed by atoms with Crippen LogP contribution in [-0.2, 0) is 4.79 Å². The summed E-state index contributed by atoms with van der Waals surface area (Å²) in [6.45, 7) is 5.13. The molecule has 148 valence electrons. The number of nitrogens with one attached hydrogen (secondary N) is 2. The van der Waals surface area contributed by atoms with E-state index in [1.54, 1.807) is 6.20 Å². The maximum Gasteiger partial charge on any atom is 0.227 e. The van der Waals surface area contributed by atoms with Crippen molar-refractivity contribution >= 4 is 34.7 Å². The van der Waals surface area contributed by atoms with E-state index in [0.717, 1.165) is 49.3 Å². The van der Waals surface area contributed by atoms with Crippen LogP contribution in [0.2, 0.25) is 0 Å². The summed E-state index contributed by atoms with van der Waals surface area (Å²) in [5.41, 5.74) is 2.92. The number of hydrogen-bond donors (Lipinski definition) is 2. The van der Waals surface area contributed by atoms with Crippen molar-refractivity contribution in [2.45, 2.75) is 6.92 Å². The standard InChI is InChI=1S/C22H24N6O/c1-17(29)24-18-7-9-19(10-8-18)25-21-11-12-23-22(26-21)28-15-13-27(14-16-28)20-5-3-2-4-6-20/h2-12H,13-16H2,1H3,(H,24,29)(H,23,25,26). The molecule has 7 nitrogen and oxygen atoms in total. The second kappa shape index (κ2) is 8.60. The zero-order valence-electron chi connectivity index (χ0n) is 16.4. The Labute approximate surface area is 170 Å². The van der Waals surface area contributed by atoms with E-state index in [-0.39, 0.29) is 5.91 Å². The highest BCUT2D eigenvalue weighted by Crippen LogP contribution is 2.21. The number of hydrogen-bond acceptors (Lipinski definition) is 6. The van der Waals surface area contributed by atoms with Gasteiger partial charge in [0.1, 0.15) is 5.82 Å². The first-order chi connectivity index (χ1) is 14.2. The molecule has 7 heteroatoms. The highest BCUT2D eigenvalue weighted by atomic mass is 16.1. The summed E-state index contributed by atoms with van der Waals surface area (Å²) in [7, 11) is 0. The van der Waals surface area contributed by atoms with Crippen LogP contribution in [0, 0.1) is 0 Å². The summed E-state index contributed by atoms with van der Waals surface area (Å²) < 4.78 is 0. The number of benzene rings is 2. The van der Waals surface area contributed by atoms with E-state index in [1.165, 1.54) is 12.6 Å². The van der Waals surface area contributed by atoms with Crippen LogP contribution in [0.4, 0.5) is 28.8 Å². The lowest BCUT2D eigenvalue weighted by atomic mass is 10.2. The molecule has 1 aliphatic rings. The Kier molecular flexibility index (Phi) is 5.56. The number of carbonyl (C=O) groups excluding carboxylic acids is 1. The summed E-state index contributed by atoms with van der Waals surface area (Å²) >= 11 is 0. The number of aromatic nitrogens is 2. The molecule has 1 saturated heterocycles. The number of piperazine rings is 1. The van der Waals surface area contributed by atoms with E-state index in [4.69, 9.17) is 0 Å². The molecule has 0 saturated carbocycles. The quantitative estimate of drug-likeness (QED) is 0.697. The average Bonchev–Trinajstić information content (AvgIpc) is 2.76. The maximum atomic E-state index is 11.1. The lowest BCUT2D eigenvalue weighted by molar-refractivity contribution is -0.114. The molecule has 1 amide bonds. The average molecular weight is 388 g/mol. The number of rotatable bonds is 5. The SMILES string of the molecule is CC(=O)Nc1ccc(Nc2ccnc(N3CCN(c4ccccc4)CC3)n2)cc1. The Morgan fingerprint density at radius 1 is 0.862 bits per heavy atom. The highest BCUT2D eigenvalue weighted by molar-refractivity contribution is 5.88. The molecule has 1 aliphatic heterocycles. The van der Waals surface area contributed by atoms with Gasteiger partial charge in [0.2, 0.25) is 11.9 Å². The molecule has 1 fully saturated rings. The summed E-state index contributed by atoms with van der Waals surface area (Å²) in [4.78, 5) is 24.9. The van der Waals surface area contributed by atoms with Crippen LogP contribution in [0.25, 0.3) is 0 Å². The second-order valence-corrected chi connectivity index (χ2v) is 6.94. The van der Waals surface area contributed by atoms with Crippen LogP contribution in [0.1, 0.15) is 6.92 Å². The molecule has 1 aromatic heterocycles. The van der Waals surface area contributed by atoms with Crippen LogP contribution >= 0.6 is 0 Å². The van der Waals surface area contributed by atoms with Gasteiger partial charge in [-0.15, -0.1) is 0 Å². The Morgan fingerprint density at radius 3 is 2.21 bits per heavy atom.